The van der Waals surface area contributed by atoms with Crippen LogP contribution in [0.5, 0.6) is 0 Å². The number of fused-ring (bicyclic) bond motifs is 6. The van der Waals surface area contributed by atoms with E-state index in [9.17, 15) is 0 Å². The Morgan fingerprint density at radius 1 is 0.370 bits per heavy atom. The molecule has 0 heterocycles. The SMILES string of the molecule is COCc1c(C)c(COC)c(-c2ccc3c4c(cccc24)-c2ccccc2-3)c(C)c1-c1ccc2c3c(cccc13)-c1ccccc1-2. The highest BCUT2D eigenvalue weighted by Gasteiger charge is 2.28. The summed E-state index contributed by atoms with van der Waals surface area (Å²) in [6, 6.07) is 40.5. The van der Waals surface area contributed by atoms with Gasteiger partial charge in [0.15, 0.2) is 0 Å². The standard InChI is InChI=1S/C44H34O2/c1-25-39(23-45-3)41(37-21-19-35-29-13-7-5-11-27(29)31-15-9-17-33(37)43(31)35)26(2)42(40(25)24-46-4)38-22-20-36-30-14-8-6-12-28(30)32-16-10-18-34(38)44(32)36/h5-22H,23-24H2,1-4H3. The molecule has 7 aromatic carbocycles. The van der Waals surface area contributed by atoms with Gasteiger partial charge in [0.25, 0.3) is 0 Å². The number of ether oxygens (including phenoxy) is 2. The maximum absolute atomic E-state index is 5.93. The minimum atomic E-state index is 0.529. The van der Waals surface area contributed by atoms with E-state index in [1.807, 2.05) is 0 Å². The molecule has 0 atom stereocenters. The first-order valence-corrected chi connectivity index (χ1v) is 16.1. The Labute approximate surface area is 269 Å². The maximum Gasteiger partial charge on any atom is 0.0721 e. The summed E-state index contributed by atoms with van der Waals surface area (Å²) in [5.74, 6) is 0. The highest BCUT2D eigenvalue weighted by molar-refractivity contribution is 6.21. The lowest BCUT2D eigenvalue weighted by atomic mass is 9.80. The topological polar surface area (TPSA) is 18.5 Å². The second-order valence-electron chi connectivity index (χ2n) is 12.7. The molecule has 2 nitrogen and oxygen atoms in total. The molecule has 0 amide bonds. The van der Waals surface area contributed by atoms with Gasteiger partial charge >= 0.3 is 0 Å². The van der Waals surface area contributed by atoms with Crippen molar-refractivity contribution < 1.29 is 9.47 Å². The van der Waals surface area contributed by atoms with Crippen LogP contribution < -0.4 is 0 Å². The summed E-state index contributed by atoms with van der Waals surface area (Å²) in [4.78, 5) is 0. The van der Waals surface area contributed by atoms with E-state index in [2.05, 4.69) is 123 Å². The van der Waals surface area contributed by atoms with Crippen molar-refractivity contribution in [2.24, 2.45) is 0 Å². The van der Waals surface area contributed by atoms with Crippen molar-refractivity contribution in [1.82, 2.24) is 0 Å². The minimum absolute atomic E-state index is 0.529. The zero-order valence-electron chi connectivity index (χ0n) is 26.6. The van der Waals surface area contributed by atoms with Gasteiger partial charge in [-0.3, -0.25) is 0 Å². The molecular weight excluding hydrogens is 560 g/mol. The summed E-state index contributed by atoms with van der Waals surface area (Å²) in [5, 5.41) is 5.25. The molecule has 2 aliphatic rings. The van der Waals surface area contributed by atoms with Gasteiger partial charge in [-0.2, -0.15) is 0 Å². The van der Waals surface area contributed by atoms with Crippen molar-refractivity contribution in [3.05, 3.63) is 131 Å². The predicted molar refractivity (Wildman–Crippen MR) is 192 cm³/mol. The van der Waals surface area contributed by atoms with Gasteiger partial charge in [0.1, 0.15) is 0 Å². The number of hydrogen-bond acceptors (Lipinski definition) is 2. The van der Waals surface area contributed by atoms with Gasteiger partial charge in [0.05, 0.1) is 13.2 Å². The molecule has 0 aliphatic heterocycles. The van der Waals surface area contributed by atoms with Crippen molar-refractivity contribution in [2.45, 2.75) is 27.1 Å². The number of methoxy groups -OCH3 is 2. The molecule has 0 N–H and O–H groups in total. The van der Waals surface area contributed by atoms with Crippen molar-refractivity contribution in [1.29, 1.82) is 0 Å². The van der Waals surface area contributed by atoms with Crippen LogP contribution in [0.2, 0.25) is 0 Å². The van der Waals surface area contributed by atoms with E-state index in [0.717, 1.165) is 0 Å². The minimum Gasteiger partial charge on any atom is -0.380 e. The molecule has 0 saturated heterocycles. The van der Waals surface area contributed by atoms with Crippen molar-refractivity contribution in [2.75, 3.05) is 14.2 Å². The van der Waals surface area contributed by atoms with E-state index in [-0.39, 0.29) is 0 Å². The van der Waals surface area contributed by atoms with Crippen molar-refractivity contribution in [3.8, 4) is 66.8 Å². The van der Waals surface area contributed by atoms with Gasteiger partial charge in [0.2, 0.25) is 0 Å². The Morgan fingerprint density at radius 2 is 0.717 bits per heavy atom. The zero-order chi connectivity index (χ0) is 31.1. The van der Waals surface area contributed by atoms with Crippen LogP contribution in [-0.2, 0) is 22.7 Å². The number of benzene rings is 7. The van der Waals surface area contributed by atoms with E-state index in [4.69, 9.17) is 9.47 Å². The average Bonchev–Trinajstić information content (AvgIpc) is 3.60. The van der Waals surface area contributed by atoms with E-state index < -0.39 is 0 Å². The van der Waals surface area contributed by atoms with Crippen LogP contribution in [-0.4, -0.2) is 14.2 Å². The molecule has 7 aromatic rings. The molecule has 0 saturated carbocycles. The summed E-state index contributed by atoms with van der Waals surface area (Å²) in [7, 11) is 3.60. The third-order valence-corrected chi connectivity index (χ3v) is 10.5. The van der Waals surface area contributed by atoms with Gasteiger partial charge in [0, 0.05) is 14.2 Å². The highest BCUT2D eigenvalue weighted by atomic mass is 16.5. The largest absolute Gasteiger partial charge is 0.380 e. The van der Waals surface area contributed by atoms with Crippen LogP contribution in [0.15, 0.2) is 109 Å². The second-order valence-corrected chi connectivity index (χ2v) is 12.7. The van der Waals surface area contributed by atoms with Crippen LogP contribution >= 0.6 is 0 Å². The monoisotopic (exact) mass is 594 g/mol. The van der Waals surface area contributed by atoms with E-state index >= 15 is 0 Å². The van der Waals surface area contributed by atoms with Gasteiger partial charge in [-0.1, -0.05) is 109 Å². The lowest BCUT2D eigenvalue weighted by molar-refractivity contribution is 0.179. The number of rotatable bonds is 6. The van der Waals surface area contributed by atoms with Crippen molar-refractivity contribution >= 4 is 21.5 Å². The Morgan fingerprint density at radius 3 is 1.11 bits per heavy atom. The van der Waals surface area contributed by atoms with Crippen LogP contribution in [0.4, 0.5) is 0 Å². The van der Waals surface area contributed by atoms with Gasteiger partial charge in [-0.05, 0) is 124 Å². The average molecular weight is 595 g/mol. The first-order chi connectivity index (χ1) is 22.6. The smallest absolute Gasteiger partial charge is 0.0721 e. The molecule has 2 aliphatic carbocycles. The quantitative estimate of drug-likeness (QED) is 0.191. The van der Waals surface area contributed by atoms with Gasteiger partial charge < -0.3 is 9.47 Å². The highest BCUT2D eigenvalue weighted by Crippen LogP contribution is 2.53. The molecule has 0 radical (unpaired) electrons. The van der Waals surface area contributed by atoms with E-state index in [1.165, 1.54) is 111 Å². The lowest BCUT2D eigenvalue weighted by Crippen LogP contribution is -2.08. The third-order valence-electron chi connectivity index (χ3n) is 10.5. The summed E-state index contributed by atoms with van der Waals surface area (Å²) < 4.78 is 11.9. The number of hydrogen-bond donors (Lipinski definition) is 0. The molecule has 0 fully saturated rings. The molecule has 0 aromatic heterocycles. The lowest BCUT2D eigenvalue weighted by Gasteiger charge is -2.26. The molecule has 46 heavy (non-hydrogen) atoms. The van der Waals surface area contributed by atoms with Crippen LogP contribution in [0, 0.1) is 13.8 Å². The fourth-order valence-corrected chi connectivity index (χ4v) is 8.57. The first kappa shape index (κ1) is 27.3. The van der Waals surface area contributed by atoms with Crippen molar-refractivity contribution in [3.63, 3.8) is 0 Å². The molecular formula is C44H34O2. The summed E-state index contributed by atoms with van der Waals surface area (Å²) in [6.07, 6.45) is 0. The Balaban J connectivity index is 1.38. The Bertz CT molecular complexity index is 2190. The van der Waals surface area contributed by atoms with E-state index in [1.54, 1.807) is 14.2 Å². The second kappa shape index (κ2) is 10.3. The first-order valence-electron chi connectivity index (χ1n) is 16.1. The Kier molecular flexibility index (Phi) is 6.08. The molecule has 0 spiro atoms. The molecule has 0 unspecified atom stereocenters. The molecule has 2 heteroatoms. The predicted octanol–water partition coefficient (Wildman–Crippen LogP) is 11.5. The normalized spacial score (nSPS) is 12.3. The maximum atomic E-state index is 5.93. The molecule has 222 valence electrons. The van der Waals surface area contributed by atoms with Crippen LogP contribution in [0.1, 0.15) is 22.3 Å². The van der Waals surface area contributed by atoms with E-state index in [0.29, 0.717) is 13.2 Å². The summed E-state index contributed by atoms with van der Waals surface area (Å²) in [6.45, 7) is 5.61. The van der Waals surface area contributed by atoms with Crippen LogP contribution in [0.25, 0.3) is 88.3 Å². The fraction of sp³-hybridized carbons (Fsp3) is 0.136. The third kappa shape index (κ3) is 3.60. The van der Waals surface area contributed by atoms with Crippen LogP contribution in [0.3, 0.4) is 0 Å². The molecule has 0 bridgehead atoms. The summed E-state index contributed by atoms with van der Waals surface area (Å²) in [5.41, 5.74) is 20.5. The van der Waals surface area contributed by atoms with Gasteiger partial charge in [-0.15, -0.1) is 0 Å². The van der Waals surface area contributed by atoms with Gasteiger partial charge in [-0.25, -0.2) is 0 Å². The summed E-state index contributed by atoms with van der Waals surface area (Å²) >= 11 is 0. The molecule has 9 rings (SSSR count). The Hall–Kier alpha value is -5.02. The zero-order valence-corrected chi connectivity index (χ0v) is 26.6. The fourth-order valence-electron chi connectivity index (χ4n) is 8.57.